The average Bonchev–Trinajstić information content (AvgIpc) is 2.85. The van der Waals surface area contributed by atoms with Gasteiger partial charge in [-0.15, -0.1) is 11.3 Å². The summed E-state index contributed by atoms with van der Waals surface area (Å²) in [5, 5.41) is 5.25. The Morgan fingerprint density at radius 2 is 1.84 bits per heavy atom. The molecule has 0 fully saturated rings. The first-order chi connectivity index (χ1) is 9.06. The fraction of sp³-hybridized carbons (Fsp3) is 0.333. The van der Waals surface area contributed by atoms with Crippen molar-refractivity contribution < 1.29 is 9.13 Å². The Morgan fingerprint density at radius 1 is 1.21 bits per heavy atom. The van der Waals surface area contributed by atoms with Crippen LogP contribution in [0.2, 0.25) is 0 Å². The lowest BCUT2D eigenvalue weighted by Gasteiger charge is -2.17. The number of hydrogen-bond acceptors (Lipinski definition) is 3. The number of hydrogen-bond donors (Lipinski definition) is 1. The first kappa shape index (κ1) is 14.0. The van der Waals surface area contributed by atoms with Crippen molar-refractivity contribution in [3.05, 3.63) is 51.0 Å². The fourth-order valence-corrected chi connectivity index (χ4v) is 3.20. The Balaban J connectivity index is 2.42. The molecule has 0 saturated heterocycles. The van der Waals surface area contributed by atoms with Crippen LogP contribution in [0.25, 0.3) is 0 Å². The van der Waals surface area contributed by atoms with Gasteiger partial charge in [0, 0.05) is 10.3 Å². The van der Waals surface area contributed by atoms with Crippen molar-refractivity contribution >= 4 is 11.3 Å². The summed E-state index contributed by atoms with van der Waals surface area (Å²) in [5.74, 6) is 0.734. The molecule has 0 bridgehead atoms. The quantitative estimate of drug-likeness (QED) is 0.918. The van der Waals surface area contributed by atoms with E-state index in [4.69, 9.17) is 4.74 Å². The lowest BCUT2D eigenvalue weighted by molar-refractivity contribution is 0.416. The summed E-state index contributed by atoms with van der Waals surface area (Å²) in [5.41, 5.74) is 2.43. The summed E-state index contributed by atoms with van der Waals surface area (Å²) in [7, 11) is 3.57. The molecule has 102 valence electrons. The third-order valence-corrected chi connectivity index (χ3v) is 4.17. The van der Waals surface area contributed by atoms with Crippen molar-refractivity contribution in [1.82, 2.24) is 5.32 Å². The first-order valence-corrected chi connectivity index (χ1v) is 7.01. The first-order valence-electron chi connectivity index (χ1n) is 6.13. The Labute approximate surface area is 117 Å². The highest BCUT2D eigenvalue weighted by Gasteiger charge is 2.16. The van der Waals surface area contributed by atoms with E-state index in [1.165, 1.54) is 0 Å². The lowest BCUT2D eigenvalue weighted by atomic mass is 10.00. The van der Waals surface area contributed by atoms with Crippen molar-refractivity contribution in [3.63, 3.8) is 0 Å². The van der Waals surface area contributed by atoms with E-state index in [1.54, 1.807) is 32.3 Å². The molecule has 1 heterocycles. The minimum absolute atomic E-state index is 0.0619. The zero-order valence-corrected chi connectivity index (χ0v) is 12.4. The maximum Gasteiger partial charge on any atom is 0.129 e. The van der Waals surface area contributed by atoms with Crippen LogP contribution < -0.4 is 10.1 Å². The summed E-state index contributed by atoms with van der Waals surface area (Å²) in [6.45, 7) is 3.60. The molecule has 0 radical (unpaired) electrons. The molecular weight excluding hydrogens is 261 g/mol. The van der Waals surface area contributed by atoms with Crippen LogP contribution in [-0.4, -0.2) is 14.2 Å². The number of thiophene rings is 1. The Hall–Kier alpha value is -1.39. The highest BCUT2D eigenvalue weighted by Crippen LogP contribution is 2.32. The van der Waals surface area contributed by atoms with Crippen LogP contribution in [0.5, 0.6) is 5.75 Å². The van der Waals surface area contributed by atoms with E-state index in [1.807, 2.05) is 30.6 Å². The molecule has 2 aromatic rings. The van der Waals surface area contributed by atoms with Crippen molar-refractivity contribution in [3.8, 4) is 5.75 Å². The van der Waals surface area contributed by atoms with E-state index in [9.17, 15) is 4.39 Å². The third-order valence-electron chi connectivity index (χ3n) is 3.20. The van der Waals surface area contributed by atoms with Crippen molar-refractivity contribution in [2.75, 3.05) is 14.2 Å². The predicted molar refractivity (Wildman–Crippen MR) is 77.6 cm³/mol. The summed E-state index contributed by atoms with van der Waals surface area (Å²) in [6.07, 6.45) is 0. The number of rotatable bonds is 4. The number of nitrogens with one attached hydrogen (secondary N) is 1. The largest absolute Gasteiger partial charge is 0.496 e. The van der Waals surface area contributed by atoms with Gasteiger partial charge in [-0.05, 0) is 43.7 Å². The smallest absolute Gasteiger partial charge is 0.129 e. The SMILES string of the molecule is CNC(c1cc(C)c(F)c(C)c1)c1cc(OC)cs1. The monoisotopic (exact) mass is 279 g/mol. The second-order valence-corrected chi connectivity index (χ2v) is 5.52. The van der Waals surface area contributed by atoms with Crippen LogP contribution in [0.1, 0.15) is 27.6 Å². The normalized spacial score (nSPS) is 12.5. The molecule has 4 heteroatoms. The van der Waals surface area contributed by atoms with Crippen LogP contribution in [0.4, 0.5) is 4.39 Å². The minimum atomic E-state index is -0.123. The average molecular weight is 279 g/mol. The Bertz CT molecular complexity index is 556. The van der Waals surface area contributed by atoms with Gasteiger partial charge in [0.1, 0.15) is 11.6 Å². The molecule has 0 spiro atoms. The molecule has 1 aromatic carbocycles. The molecule has 0 amide bonds. The van der Waals surface area contributed by atoms with Gasteiger partial charge in [-0.1, -0.05) is 12.1 Å². The van der Waals surface area contributed by atoms with Gasteiger partial charge < -0.3 is 10.1 Å². The molecular formula is C15H18FNOS. The van der Waals surface area contributed by atoms with Crippen LogP contribution in [-0.2, 0) is 0 Å². The molecule has 2 nitrogen and oxygen atoms in total. The zero-order valence-electron chi connectivity index (χ0n) is 11.6. The van der Waals surface area contributed by atoms with Crippen molar-refractivity contribution in [1.29, 1.82) is 0 Å². The van der Waals surface area contributed by atoms with Gasteiger partial charge in [-0.25, -0.2) is 4.39 Å². The van der Waals surface area contributed by atoms with Gasteiger partial charge >= 0.3 is 0 Å². The van der Waals surface area contributed by atoms with Gasteiger partial charge in [-0.3, -0.25) is 0 Å². The van der Waals surface area contributed by atoms with Crippen LogP contribution in [0, 0.1) is 19.7 Å². The van der Waals surface area contributed by atoms with Crippen molar-refractivity contribution in [2.45, 2.75) is 19.9 Å². The lowest BCUT2D eigenvalue weighted by Crippen LogP contribution is -2.17. The zero-order chi connectivity index (χ0) is 14.0. The highest BCUT2D eigenvalue weighted by molar-refractivity contribution is 7.10. The number of methoxy groups -OCH3 is 1. The maximum absolute atomic E-state index is 13.7. The number of benzene rings is 1. The summed E-state index contributed by atoms with van der Waals surface area (Å²) in [4.78, 5) is 1.16. The molecule has 2 rings (SSSR count). The number of aryl methyl sites for hydroxylation is 2. The molecule has 1 atom stereocenters. The predicted octanol–water partition coefficient (Wildman–Crippen LogP) is 3.82. The summed E-state index contributed by atoms with van der Waals surface area (Å²) >= 11 is 1.64. The Kier molecular flexibility index (Phi) is 4.22. The Morgan fingerprint density at radius 3 is 2.32 bits per heavy atom. The molecule has 1 unspecified atom stereocenters. The minimum Gasteiger partial charge on any atom is -0.496 e. The molecule has 0 aliphatic rings. The fourth-order valence-electron chi connectivity index (χ4n) is 2.21. The highest BCUT2D eigenvalue weighted by atomic mass is 32.1. The third kappa shape index (κ3) is 2.80. The molecule has 19 heavy (non-hydrogen) atoms. The van der Waals surface area contributed by atoms with Crippen LogP contribution in [0.15, 0.2) is 23.6 Å². The standard InChI is InChI=1S/C15H18FNOS/c1-9-5-11(6-10(2)14(9)16)15(17-3)13-7-12(18-4)8-19-13/h5-8,15,17H,1-4H3. The number of halogens is 1. The van der Waals surface area contributed by atoms with Crippen molar-refractivity contribution in [2.24, 2.45) is 0 Å². The molecule has 0 aliphatic carbocycles. The topological polar surface area (TPSA) is 21.3 Å². The van der Waals surface area contributed by atoms with E-state index >= 15 is 0 Å². The van der Waals surface area contributed by atoms with Gasteiger partial charge in [0.05, 0.1) is 13.2 Å². The second kappa shape index (κ2) is 5.72. The second-order valence-electron chi connectivity index (χ2n) is 4.58. The molecule has 0 aliphatic heterocycles. The van der Waals surface area contributed by atoms with E-state index in [2.05, 4.69) is 5.32 Å². The van der Waals surface area contributed by atoms with Gasteiger partial charge in [0.2, 0.25) is 0 Å². The van der Waals surface area contributed by atoms with Crippen LogP contribution in [0.3, 0.4) is 0 Å². The molecule has 0 saturated carbocycles. The summed E-state index contributed by atoms with van der Waals surface area (Å²) < 4.78 is 18.9. The van der Waals surface area contributed by atoms with E-state index < -0.39 is 0 Å². The molecule has 1 N–H and O–H groups in total. The summed E-state index contributed by atoms with van der Waals surface area (Å²) in [6, 6.07) is 5.87. The molecule has 1 aromatic heterocycles. The maximum atomic E-state index is 13.7. The van der Waals surface area contributed by atoms with E-state index in [-0.39, 0.29) is 11.9 Å². The van der Waals surface area contributed by atoms with Gasteiger partial charge in [0.25, 0.3) is 0 Å². The van der Waals surface area contributed by atoms with Gasteiger partial charge in [-0.2, -0.15) is 0 Å². The van der Waals surface area contributed by atoms with E-state index in [0.717, 1.165) is 16.2 Å². The van der Waals surface area contributed by atoms with Crippen LogP contribution >= 0.6 is 11.3 Å². The number of ether oxygens (including phenoxy) is 1. The van der Waals surface area contributed by atoms with Gasteiger partial charge in [0.15, 0.2) is 0 Å². The van der Waals surface area contributed by atoms with E-state index in [0.29, 0.717) is 11.1 Å².